The summed E-state index contributed by atoms with van der Waals surface area (Å²) < 4.78 is 0. The maximum Gasteiger partial charge on any atom is 0.155 e. The second-order valence-electron chi connectivity index (χ2n) is 8.77. The smallest absolute Gasteiger partial charge is 0.155 e. The van der Waals surface area contributed by atoms with E-state index in [-0.39, 0.29) is 43.1 Å². The van der Waals surface area contributed by atoms with Crippen molar-refractivity contribution in [3.05, 3.63) is 112 Å². The Morgan fingerprint density at radius 2 is 1.73 bits per heavy atom. The molecule has 0 amide bonds. The number of para-hydroxylation sites is 1. The van der Waals surface area contributed by atoms with Gasteiger partial charge in [-0.2, -0.15) is 23.8 Å². The molecule has 3 aromatic carbocycles. The summed E-state index contributed by atoms with van der Waals surface area (Å²) in [6, 6.07) is 25.0. The van der Waals surface area contributed by atoms with Gasteiger partial charge in [0.15, 0.2) is 5.78 Å². The summed E-state index contributed by atoms with van der Waals surface area (Å²) in [4.78, 5) is 10.0. The minimum atomic E-state index is -0.125. The van der Waals surface area contributed by atoms with E-state index in [0.717, 1.165) is 11.3 Å². The summed E-state index contributed by atoms with van der Waals surface area (Å²) in [7, 11) is 0. The molecule has 4 heteroatoms. The van der Waals surface area contributed by atoms with Gasteiger partial charge >= 0.3 is 0 Å². The summed E-state index contributed by atoms with van der Waals surface area (Å²) >= 11 is 0. The van der Waals surface area contributed by atoms with Gasteiger partial charge in [0.25, 0.3) is 0 Å². The molecule has 0 aromatic heterocycles. The molecule has 5 rings (SSSR count). The van der Waals surface area contributed by atoms with Crippen LogP contribution in [0.1, 0.15) is 56.0 Å². The minimum absolute atomic E-state index is 0. The Hall–Kier alpha value is -2.94. The topological polar surface area (TPSA) is 51.4 Å². The first kappa shape index (κ1) is 24.7. The largest absolute Gasteiger partial charge is 0.676 e. The van der Waals surface area contributed by atoms with E-state index in [9.17, 15) is 4.79 Å². The van der Waals surface area contributed by atoms with Crippen LogP contribution in [0.3, 0.4) is 0 Å². The third-order valence-corrected chi connectivity index (χ3v) is 5.94. The number of allylic oxidation sites excluding steroid dienone is 2. The standard InChI is InChI=1S/C24H19N.C5H8O2.Ir/c1-24(2)20-9-5-4-8-18(20)19-13-11-17(15-21(19)24)23-14-12-16-7-3-6-10-22(16)25-23;1-4(6)3-5(2)7;/h3-10,12-15,23H,1-2H3;3,6H,1-2H3;/q-2;;/b;4-3-;. The summed E-state index contributed by atoms with van der Waals surface area (Å²) in [6.45, 7) is 7.47. The maximum atomic E-state index is 10.0. The quantitative estimate of drug-likeness (QED) is 0.184. The zero-order valence-electron chi connectivity index (χ0n) is 19.2. The number of nitrogens with zero attached hydrogens (tertiary/aromatic N) is 1. The third-order valence-electron chi connectivity index (χ3n) is 5.94. The van der Waals surface area contributed by atoms with Gasteiger partial charge in [0.2, 0.25) is 0 Å². The van der Waals surface area contributed by atoms with Gasteiger partial charge in [0.05, 0.1) is 5.76 Å². The van der Waals surface area contributed by atoms with Gasteiger partial charge in [-0.3, -0.25) is 4.79 Å². The molecule has 0 saturated heterocycles. The first-order valence-corrected chi connectivity index (χ1v) is 10.8. The number of benzene rings is 3. The van der Waals surface area contributed by atoms with E-state index in [1.54, 1.807) is 0 Å². The molecule has 1 unspecified atom stereocenters. The van der Waals surface area contributed by atoms with Crippen LogP contribution in [-0.4, -0.2) is 10.9 Å². The van der Waals surface area contributed by atoms with Crippen molar-refractivity contribution in [1.29, 1.82) is 0 Å². The average molecular weight is 614 g/mol. The van der Waals surface area contributed by atoms with Crippen molar-refractivity contribution in [2.75, 3.05) is 0 Å². The Balaban J connectivity index is 0.000000337. The van der Waals surface area contributed by atoms with Gasteiger partial charge < -0.3 is 10.4 Å². The predicted octanol–water partition coefficient (Wildman–Crippen LogP) is 7.60. The molecule has 1 N–H and O–H groups in total. The fraction of sp³-hybridized carbons (Fsp3) is 0.207. The summed E-state index contributed by atoms with van der Waals surface area (Å²) in [5.74, 6) is -0.0625. The van der Waals surface area contributed by atoms with Crippen molar-refractivity contribution in [3.8, 4) is 11.1 Å². The van der Waals surface area contributed by atoms with Gasteiger partial charge in [0.1, 0.15) is 0 Å². The number of carbonyl (C=O) groups is 1. The van der Waals surface area contributed by atoms with Crippen molar-refractivity contribution >= 4 is 17.5 Å². The Labute approximate surface area is 209 Å². The second kappa shape index (κ2) is 9.91. The summed E-state index contributed by atoms with van der Waals surface area (Å²) in [5.41, 5.74) is 8.84. The second-order valence-corrected chi connectivity index (χ2v) is 8.77. The van der Waals surface area contributed by atoms with Crippen LogP contribution < -0.4 is 0 Å². The van der Waals surface area contributed by atoms with Gasteiger partial charge in [-0.1, -0.05) is 86.1 Å². The number of aliphatic hydroxyl groups is 1. The van der Waals surface area contributed by atoms with Crippen LogP contribution in [0, 0.1) is 6.07 Å². The molecular weight excluding hydrogens is 587 g/mol. The van der Waals surface area contributed by atoms with E-state index < -0.39 is 0 Å². The van der Waals surface area contributed by atoms with Crippen LogP contribution in [0.4, 0.5) is 5.69 Å². The number of hydrogen-bond donors (Lipinski definition) is 1. The normalized spacial score (nSPS) is 16.7. The van der Waals surface area contributed by atoms with Crippen LogP contribution in [0.25, 0.3) is 22.5 Å². The summed E-state index contributed by atoms with van der Waals surface area (Å²) in [6.07, 6.45) is 5.52. The van der Waals surface area contributed by atoms with Crippen LogP contribution in [0.2, 0.25) is 0 Å². The van der Waals surface area contributed by atoms with Crippen LogP contribution in [-0.2, 0) is 30.3 Å². The molecule has 1 radical (unpaired) electrons. The predicted molar refractivity (Wildman–Crippen MR) is 131 cm³/mol. The fourth-order valence-electron chi connectivity index (χ4n) is 4.43. The third kappa shape index (κ3) is 5.03. The Morgan fingerprint density at radius 1 is 1.03 bits per heavy atom. The number of carbonyl (C=O) groups excluding carboxylic acids is 1. The molecule has 3 nitrogen and oxygen atoms in total. The van der Waals surface area contributed by atoms with E-state index >= 15 is 0 Å². The zero-order chi connectivity index (χ0) is 22.9. The minimum Gasteiger partial charge on any atom is -0.676 e. The van der Waals surface area contributed by atoms with Crippen molar-refractivity contribution < 1.29 is 30.0 Å². The summed E-state index contributed by atoms with van der Waals surface area (Å²) in [5, 5.41) is 13.3. The molecule has 0 saturated carbocycles. The van der Waals surface area contributed by atoms with Gasteiger partial charge in [-0.25, -0.2) is 0 Å². The Bertz CT molecular complexity index is 1240. The molecule has 1 aliphatic heterocycles. The van der Waals surface area contributed by atoms with Crippen LogP contribution in [0.15, 0.2) is 78.6 Å². The molecule has 0 spiro atoms. The monoisotopic (exact) mass is 614 g/mol. The number of fused-ring (bicyclic) bond motifs is 4. The van der Waals surface area contributed by atoms with E-state index in [1.165, 1.54) is 47.7 Å². The molecule has 33 heavy (non-hydrogen) atoms. The molecular formula is C29H27IrNO2-2. The molecule has 0 fully saturated rings. The van der Waals surface area contributed by atoms with Crippen molar-refractivity contribution in [2.45, 2.75) is 39.2 Å². The Morgan fingerprint density at radius 3 is 2.42 bits per heavy atom. The first-order chi connectivity index (χ1) is 15.3. The number of aliphatic hydroxyl groups excluding tert-OH is 1. The molecule has 171 valence electrons. The van der Waals surface area contributed by atoms with E-state index in [4.69, 9.17) is 10.4 Å². The zero-order valence-corrected chi connectivity index (χ0v) is 21.6. The molecule has 1 heterocycles. The first-order valence-electron chi connectivity index (χ1n) is 10.8. The Kier molecular flexibility index (Phi) is 7.41. The van der Waals surface area contributed by atoms with Crippen molar-refractivity contribution in [3.63, 3.8) is 0 Å². The van der Waals surface area contributed by atoms with Crippen LogP contribution in [0.5, 0.6) is 0 Å². The molecule has 0 bridgehead atoms. The average Bonchev–Trinajstić information content (AvgIpc) is 3.00. The number of ketones is 1. The number of rotatable bonds is 2. The van der Waals surface area contributed by atoms with E-state index in [2.05, 4.69) is 86.7 Å². The van der Waals surface area contributed by atoms with E-state index in [0.29, 0.717) is 0 Å². The number of hydrogen-bond acceptors (Lipinski definition) is 2. The molecule has 3 aromatic rings. The van der Waals surface area contributed by atoms with Gasteiger partial charge in [0, 0.05) is 26.2 Å². The van der Waals surface area contributed by atoms with Gasteiger partial charge in [-0.05, 0) is 30.4 Å². The van der Waals surface area contributed by atoms with E-state index in [1.807, 2.05) is 6.07 Å². The van der Waals surface area contributed by atoms with Crippen molar-refractivity contribution in [1.82, 2.24) is 0 Å². The maximum absolute atomic E-state index is 10.0. The molecule has 2 aliphatic rings. The molecule has 1 atom stereocenters. The van der Waals surface area contributed by atoms with Crippen LogP contribution >= 0.6 is 0 Å². The van der Waals surface area contributed by atoms with Gasteiger partial charge in [-0.15, -0.1) is 16.8 Å². The van der Waals surface area contributed by atoms with Crippen molar-refractivity contribution in [2.24, 2.45) is 0 Å². The SMILES string of the molecule is CC(=O)/C=C(/C)O.CC1(C)c2ccccc2-c2c[c-]c(C3C=Cc4ccccc4[N-]3)cc21.[Ir]. The molecule has 1 aliphatic carbocycles. The fourth-order valence-corrected chi connectivity index (χ4v) is 4.43.